The molecule has 18 heavy (non-hydrogen) atoms. The number of fused-ring (bicyclic) bond motifs is 1. The van der Waals surface area contributed by atoms with Crippen LogP contribution in [0.1, 0.15) is 30.1 Å². The minimum absolute atomic E-state index is 0.0416. The maximum Gasteiger partial charge on any atom is 0.251 e. The molecule has 0 spiro atoms. The molecule has 0 saturated heterocycles. The van der Waals surface area contributed by atoms with Crippen LogP contribution in [0.15, 0.2) is 24.5 Å². The summed E-state index contributed by atoms with van der Waals surface area (Å²) in [5.74, 6) is -0.0876. The highest BCUT2D eigenvalue weighted by atomic mass is 16.1. The fourth-order valence-electron chi connectivity index (χ4n) is 1.94. The summed E-state index contributed by atoms with van der Waals surface area (Å²) in [5, 5.41) is 2.94. The van der Waals surface area contributed by atoms with Crippen LogP contribution in [-0.2, 0) is 0 Å². The van der Waals surface area contributed by atoms with E-state index in [4.69, 9.17) is 5.73 Å². The van der Waals surface area contributed by atoms with E-state index in [0.29, 0.717) is 12.1 Å². The van der Waals surface area contributed by atoms with Gasteiger partial charge in [0.05, 0.1) is 17.4 Å². The van der Waals surface area contributed by atoms with Crippen LogP contribution in [0.5, 0.6) is 0 Å². The van der Waals surface area contributed by atoms with Gasteiger partial charge in [-0.3, -0.25) is 4.79 Å². The average Bonchev–Trinajstić information content (AvgIpc) is 2.85. The summed E-state index contributed by atoms with van der Waals surface area (Å²) in [5.41, 5.74) is 7.97. The third kappa shape index (κ3) is 2.68. The number of aromatic nitrogens is 2. The molecule has 1 heterocycles. The van der Waals surface area contributed by atoms with Crippen molar-refractivity contribution in [1.82, 2.24) is 15.3 Å². The van der Waals surface area contributed by atoms with E-state index in [1.165, 1.54) is 0 Å². The second kappa shape index (κ2) is 5.64. The molecule has 1 unspecified atom stereocenters. The number of carbonyl (C=O) groups is 1. The molecule has 0 aliphatic carbocycles. The van der Waals surface area contributed by atoms with Crippen LogP contribution in [0, 0.1) is 0 Å². The first-order chi connectivity index (χ1) is 8.74. The highest BCUT2D eigenvalue weighted by Gasteiger charge is 2.12. The largest absolute Gasteiger partial charge is 0.348 e. The lowest BCUT2D eigenvalue weighted by atomic mass is 10.1. The van der Waals surface area contributed by atoms with Gasteiger partial charge in [0.15, 0.2) is 0 Å². The fraction of sp³-hybridized carbons (Fsp3) is 0.385. The molecule has 1 aromatic carbocycles. The Balaban J connectivity index is 2.12. The summed E-state index contributed by atoms with van der Waals surface area (Å²) in [7, 11) is 0. The Morgan fingerprint density at radius 2 is 2.39 bits per heavy atom. The lowest BCUT2D eigenvalue weighted by Crippen LogP contribution is -2.40. The molecule has 0 bridgehead atoms. The van der Waals surface area contributed by atoms with Crippen LogP contribution in [0.2, 0.25) is 0 Å². The van der Waals surface area contributed by atoms with Crippen molar-refractivity contribution in [3.05, 3.63) is 30.1 Å². The molecule has 0 fully saturated rings. The van der Waals surface area contributed by atoms with Crippen LogP contribution >= 0.6 is 0 Å². The van der Waals surface area contributed by atoms with E-state index in [0.717, 1.165) is 23.9 Å². The second-order valence-corrected chi connectivity index (χ2v) is 4.33. The van der Waals surface area contributed by atoms with Crippen molar-refractivity contribution in [3.63, 3.8) is 0 Å². The smallest absolute Gasteiger partial charge is 0.251 e. The van der Waals surface area contributed by atoms with Crippen molar-refractivity contribution in [2.24, 2.45) is 5.73 Å². The monoisotopic (exact) mass is 246 g/mol. The van der Waals surface area contributed by atoms with Crippen LogP contribution in [0.3, 0.4) is 0 Å². The standard InChI is InChI=1S/C13H18N4O/c1-2-3-10(7-14)17-13(18)9-4-5-11-12(6-9)16-8-15-11/h4-6,8,10H,2-3,7,14H2,1H3,(H,15,16)(H,17,18). The number of nitrogens with zero attached hydrogens (tertiary/aromatic N) is 1. The number of imidazole rings is 1. The summed E-state index contributed by atoms with van der Waals surface area (Å²) < 4.78 is 0. The molecule has 2 aromatic rings. The summed E-state index contributed by atoms with van der Waals surface area (Å²) in [6, 6.07) is 5.45. The van der Waals surface area contributed by atoms with E-state index >= 15 is 0 Å². The first-order valence-corrected chi connectivity index (χ1v) is 6.18. The summed E-state index contributed by atoms with van der Waals surface area (Å²) in [6.45, 7) is 2.54. The molecule has 1 amide bonds. The maximum absolute atomic E-state index is 12.1. The zero-order valence-corrected chi connectivity index (χ0v) is 10.4. The molecule has 2 rings (SSSR count). The quantitative estimate of drug-likeness (QED) is 0.746. The summed E-state index contributed by atoms with van der Waals surface area (Å²) >= 11 is 0. The Labute approximate surface area is 106 Å². The van der Waals surface area contributed by atoms with Crippen LogP contribution in [0.4, 0.5) is 0 Å². The lowest BCUT2D eigenvalue weighted by Gasteiger charge is -2.15. The van der Waals surface area contributed by atoms with Crippen molar-refractivity contribution in [2.45, 2.75) is 25.8 Å². The van der Waals surface area contributed by atoms with Gasteiger partial charge in [0.25, 0.3) is 5.91 Å². The van der Waals surface area contributed by atoms with Crippen LogP contribution in [-0.4, -0.2) is 28.5 Å². The first-order valence-electron chi connectivity index (χ1n) is 6.18. The lowest BCUT2D eigenvalue weighted by molar-refractivity contribution is 0.0936. The van der Waals surface area contributed by atoms with E-state index in [1.54, 1.807) is 18.5 Å². The van der Waals surface area contributed by atoms with Crippen molar-refractivity contribution in [1.29, 1.82) is 0 Å². The van der Waals surface area contributed by atoms with Gasteiger partial charge in [-0.1, -0.05) is 13.3 Å². The number of rotatable bonds is 5. The van der Waals surface area contributed by atoms with E-state index in [1.807, 2.05) is 6.07 Å². The van der Waals surface area contributed by atoms with Gasteiger partial charge in [0.2, 0.25) is 0 Å². The van der Waals surface area contributed by atoms with E-state index in [2.05, 4.69) is 22.2 Å². The van der Waals surface area contributed by atoms with Crippen molar-refractivity contribution in [2.75, 3.05) is 6.54 Å². The summed E-state index contributed by atoms with van der Waals surface area (Å²) in [6.07, 6.45) is 3.52. The highest BCUT2D eigenvalue weighted by molar-refractivity contribution is 5.97. The molecule has 5 nitrogen and oxygen atoms in total. The van der Waals surface area contributed by atoms with Gasteiger partial charge >= 0.3 is 0 Å². The van der Waals surface area contributed by atoms with Crippen LogP contribution in [0.25, 0.3) is 11.0 Å². The van der Waals surface area contributed by atoms with Gasteiger partial charge in [-0.25, -0.2) is 4.98 Å². The van der Waals surface area contributed by atoms with Gasteiger partial charge in [0, 0.05) is 18.2 Å². The summed E-state index contributed by atoms with van der Waals surface area (Å²) in [4.78, 5) is 19.2. The van der Waals surface area contributed by atoms with Gasteiger partial charge in [-0.2, -0.15) is 0 Å². The van der Waals surface area contributed by atoms with Crippen molar-refractivity contribution < 1.29 is 4.79 Å². The third-order valence-electron chi connectivity index (χ3n) is 2.94. The van der Waals surface area contributed by atoms with Gasteiger partial charge in [-0.15, -0.1) is 0 Å². The Morgan fingerprint density at radius 3 is 3.11 bits per heavy atom. The molecule has 5 heteroatoms. The SMILES string of the molecule is CCCC(CN)NC(=O)c1ccc2nc[nH]c2c1. The predicted molar refractivity (Wildman–Crippen MR) is 71.3 cm³/mol. The number of H-pyrrole nitrogens is 1. The van der Waals surface area contributed by atoms with Gasteiger partial charge in [-0.05, 0) is 24.6 Å². The number of benzene rings is 1. The van der Waals surface area contributed by atoms with Crippen LogP contribution < -0.4 is 11.1 Å². The number of nitrogens with one attached hydrogen (secondary N) is 2. The minimum atomic E-state index is -0.0876. The average molecular weight is 246 g/mol. The van der Waals surface area contributed by atoms with Gasteiger partial charge < -0.3 is 16.0 Å². The number of hydrogen-bond donors (Lipinski definition) is 3. The molecule has 1 atom stereocenters. The number of aromatic amines is 1. The number of carbonyl (C=O) groups excluding carboxylic acids is 1. The Hall–Kier alpha value is -1.88. The molecular weight excluding hydrogens is 228 g/mol. The number of amides is 1. The highest BCUT2D eigenvalue weighted by Crippen LogP contribution is 2.11. The Kier molecular flexibility index (Phi) is 3.94. The maximum atomic E-state index is 12.1. The molecule has 0 aliphatic rings. The molecular formula is C13H18N4O. The molecule has 4 N–H and O–H groups in total. The van der Waals surface area contributed by atoms with Gasteiger partial charge in [0.1, 0.15) is 0 Å². The molecule has 96 valence electrons. The van der Waals surface area contributed by atoms with E-state index in [-0.39, 0.29) is 11.9 Å². The Morgan fingerprint density at radius 1 is 1.56 bits per heavy atom. The second-order valence-electron chi connectivity index (χ2n) is 4.33. The molecule has 1 aromatic heterocycles. The molecule has 0 radical (unpaired) electrons. The zero-order valence-electron chi connectivity index (χ0n) is 10.4. The van der Waals surface area contributed by atoms with Crippen molar-refractivity contribution >= 4 is 16.9 Å². The fourth-order valence-corrected chi connectivity index (χ4v) is 1.94. The van der Waals surface area contributed by atoms with E-state index < -0.39 is 0 Å². The molecule has 0 saturated carbocycles. The number of nitrogens with two attached hydrogens (primary N) is 1. The van der Waals surface area contributed by atoms with Crippen molar-refractivity contribution in [3.8, 4) is 0 Å². The Bertz CT molecular complexity index is 535. The zero-order chi connectivity index (χ0) is 13.0. The minimum Gasteiger partial charge on any atom is -0.348 e. The topological polar surface area (TPSA) is 83.8 Å². The third-order valence-corrected chi connectivity index (χ3v) is 2.94. The predicted octanol–water partition coefficient (Wildman–Crippen LogP) is 1.42. The normalized spacial score (nSPS) is 12.6. The molecule has 0 aliphatic heterocycles. The number of hydrogen-bond acceptors (Lipinski definition) is 3. The van der Waals surface area contributed by atoms with E-state index in [9.17, 15) is 4.79 Å². The first kappa shape index (κ1) is 12.6.